The van der Waals surface area contributed by atoms with Gasteiger partial charge in [0.15, 0.2) is 0 Å². The van der Waals surface area contributed by atoms with Gasteiger partial charge in [-0.3, -0.25) is 9.58 Å². The van der Waals surface area contributed by atoms with Crippen molar-refractivity contribution in [2.75, 3.05) is 11.9 Å². The molecule has 2 amide bonds. The predicted molar refractivity (Wildman–Crippen MR) is 77.2 cm³/mol. The van der Waals surface area contributed by atoms with Gasteiger partial charge in [-0.1, -0.05) is 12.1 Å². The van der Waals surface area contributed by atoms with Crippen LogP contribution in [0.15, 0.2) is 36.5 Å². The van der Waals surface area contributed by atoms with E-state index in [0.29, 0.717) is 12.2 Å². The van der Waals surface area contributed by atoms with E-state index in [1.165, 1.54) is 18.0 Å². The van der Waals surface area contributed by atoms with Gasteiger partial charge in [0, 0.05) is 20.3 Å². The van der Waals surface area contributed by atoms with Crippen molar-refractivity contribution in [1.82, 2.24) is 15.1 Å². The molecule has 0 bridgehead atoms. The molecule has 7 nitrogen and oxygen atoms in total. The number of carbonyl (C=O) groups excluding carboxylic acids is 1. The van der Waals surface area contributed by atoms with Gasteiger partial charge in [0.05, 0.1) is 23.5 Å². The number of hydrogen-bond acceptors (Lipinski definition) is 3. The highest BCUT2D eigenvalue weighted by Gasteiger charge is 2.17. The van der Waals surface area contributed by atoms with Crippen LogP contribution in [0.1, 0.15) is 16.1 Å². The highest BCUT2D eigenvalue weighted by atomic mass is 16.4. The number of rotatable bonds is 4. The number of para-hydroxylation sites is 1. The molecule has 1 aromatic heterocycles. The maximum Gasteiger partial charge on any atom is 0.337 e. The fourth-order valence-corrected chi connectivity index (χ4v) is 1.92. The van der Waals surface area contributed by atoms with Gasteiger partial charge < -0.3 is 10.4 Å². The van der Waals surface area contributed by atoms with Crippen molar-refractivity contribution in [3.63, 3.8) is 0 Å². The van der Waals surface area contributed by atoms with E-state index in [4.69, 9.17) is 5.11 Å². The van der Waals surface area contributed by atoms with E-state index in [2.05, 4.69) is 10.4 Å². The third kappa shape index (κ3) is 3.19. The second-order valence-electron chi connectivity index (χ2n) is 4.49. The van der Waals surface area contributed by atoms with Gasteiger partial charge in [-0.2, -0.15) is 5.10 Å². The van der Waals surface area contributed by atoms with Crippen LogP contribution in [0.4, 0.5) is 10.5 Å². The van der Waals surface area contributed by atoms with Crippen LogP contribution < -0.4 is 10.2 Å². The van der Waals surface area contributed by atoms with E-state index in [9.17, 15) is 9.59 Å². The minimum Gasteiger partial charge on any atom is -0.478 e. The zero-order chi connectivity index (χ0) is 15.4. The molecule has 0 aliphatic carbocycles. The average Bonchev–Trinajstić information content (AvgIpc) is 2.89. The SMILES string of the molecule is CN(C(=O)NCc1ccnn1C)c1ccccc1C(=O)O. The van der Waals surface area contributed by atoms with Gasteiger partial charge in [-0.05, 0) is 18.2 Å². The van der Waals surface area contributed by atoms with E-state index < -0.39 is 5.97 Å². The molecule has 2 N–H and O–H groups in total. The van der Waals surface area contributed by atoms with E-state index >= 15 is 0 Å². The molecule has 0 unspecified atom stereocenters. The number of hydrogen-bond donors (Lipinski definition) is 2. The summed E-state index contributed by atoms with van der Waals surface area (Å²) in [6.45, 7) is 0.314. The van der Waals surface area contributed by atoms with Crippen LogP contribution in [0.25, 0.3) is 0 Å². The molecule has 0 saturated carbocycles. The predicted octanol–water partition coefficient (Wildman–Crippen LogP) is 1.46. The highest BCUT2D eigenvalue weighted by molar-refractivity contribution is 6.01. The summed E-state index contributed by atoms with van der Waals surface area (Å²) in [5, 5.41) is 15.9. The Hall–Kier alpha value is -2.83. The quantitative estimate of drug-likeness (QED) is 0.891. The molecule has 0 aliphatic heterocycles. The standard InChI is InChI=1S/C14H16N4O3/c1-17(12-6-4-3-5-11(12)13(19)20)14(21)15-9-10-7-8-16-18(10)2/h3-8H,9H2,1-2H3,(H,15,21)(H,19,20). The van der Waals surface area contributed by atoms with Crippen LogP contribution in [0.3, 0.4) is 0 Å². The summed E-state index contributed by atoms with van der Waals surface area (Å²) in [6.07, 6.45) is 1.64. The van der Waals surface area contributed by atoms with Crippen molar-refractivity contribution < 1.29 is 14.7 Å². The molecular weight excluding hydrogens is 272 g/mol. The summed E-state index contributed by atoms with van der Waals surface area (Å²) in [4.78, 5) is 24.6. The maximum atomic E-state index is 12.1. The van der Waals surface area contributed by atoms with Gasteiger partial charge in [0.2, 0.25) is 0 Å². The Morgan fingerprint density at radius 2 is 2.05 bits per heavy atom. The Kier molecular flexibility index (Phi) is 4.22. The Bertz CT molecular complexity index is 666. The molecule has 1 heterocycles. The Morgan fingerprint density at radius 1 is 1.33 bits per heavy atom. The molecule has 0 fully saturated rings. The molecule has 0 radical (unpaired) electrons. The fraction of sp³-hybridized carbons (Fsp3) is 0.214. The third-order valence-electron chi connectivity index (χ3n) is 3.14. The Morgan fingerprint density at radius 3 is 2.67 bits per heavy atom. The van der Waals surface area contributed by atoms with E-state index in [1.54, 1.807) is 42.2 Å². The zero-order valence-electron chi connectivity index (χ0n) is 11.8. The minimum atomic E-state index is -1.07. The number of anilines is 1. The van der Waals surface area contributed by atoms with Crippen LogP contribution in [0.5, 0.6) is 0 Å². The van der Waals surface area contributed by atoms with Crippen molar-refractivity contribution >= 4 is 17.7 Å². The largest absolute Gasteiger partial charge is 0.478 e. The second-order valence-corrected chi connectivity index (χ2v) is 4.49. The Labute approximate surface area is 121 Å². The summed E-state index contributed by atoms with van der Waals surface area (Å²) in [5.41, 5.74) is 1.27. The number of aromatic nitrogens is 2. The topological polar surface area (TPSA) is 87.5 Å². The fourth-order valence-electron chi connectivity index (χ4n) is 1.92. The highest BCUT2D eigenvalue weighted by Crippen LogP contribution is 2.19. The molecule has 0 spiro atoms. The Balaban J connectivity index is 2.09. The summed E-state index contributed by atoms with van der Waals surface area (Å²) in [6, 6.07) is 7.77. The first-order valence-corrected chi connectivity index (χ1v) is 6.31. The number of aromatic carboxylic acids is 1. The molecule has 2 rings (SSSR count). The molecule has 7 heteroatoms. The molecule has 0 aliphatic rings. The first kappa shape index (κ1) is 14.6. The van der Waals surface area contributed by atoms with Gasteiger partial charge in [0.1, 0.15) is 0 Å². The molecule has 110 valence electrons. The van der Waals surface area contributed by atoms with Crippen molar-refractivity contribution in [3.05, 3.63) is 47.8 Å². The summed E-state index contributed by atoms with van der Waals surface area (Å²) in [5.74, 6) is -1.07. The molecular formula is C14H16N4O3. The van der Waals surface area contributed by atoms with Crippen molar-refractivity contribution in [2.45, 2.75) is 6.54 Å². The minimum absolute atomic E-state index is 0.0793. The molecule has 21 heavy (non-hydrogen) atoms. The lowest BCUT2D eigenvalue weighted by Gasteiger charge is -2.19. The van der Waals surface area contributed by atoms with E-state index in [-0.39, 0.29) is 11.6 Å². The smallest absolute Gasteiger partial charge is 0.337 e. The number of amides is 2. The molecule has 0 atom stereocenters. The van der Waals surface area contributed by atoms with Crippen molar-refractivity contribution in [2.24, 2.45) is 7.05 Å². The first-order chi connectivity index (χ1) is 10.0. The van der Waals surface area contributed by atoms with Crippen LogP contribution in [0, 0.1) is 0 Å². The van der Waals surface area contributed by atoms with Crippen LogP contribution in [-0.2, 0) is 13.6 Å². The first-order valence-electron chi connectivity index (χ1n) is 6.31. The van der Waals surface area contributed by atoms with Crippen molar-refractivity contribution in [3.8, 4) is 0 Å². The number of urea groups is 1. The van der Waals surface area contributed by atoms with Gasteiger partial charge in [0.25, 0.3) is 0 Å². The molecule has 2 aromatic rings. The van der Waals surface area contributed by atoms with Crippen LogP contribution in [-0.4, -0.2) is 33.9 Å². The monoisotopic (exact) mass is 288 g/mol. The van der Waals surface area contributed by atoms with Gasteiger partial charge in [-0.15, -0.1) is 0 Å². The summed E-state index contributed by atoms with van der Waals surface area (Å²) >= 11 is 0. The van der Waals surface area contributed by atoms with Crippen LogP contribution >= 0.6 is 0 Å². The van der Waals surface area contributed by atoms with Gasteiger partial charge >= 0.3 is 12.0 Å². The van der Waals surface area contributed by atoms with Crippen molar-refractivity contribution in [1.29, 1.82) is 0 Å². The maximum absolute atomic E-state index is 12.1. The number of carbonyl (C=O) groups is 2. The number of nitrogens with one attached hydrogen (secondary N) is 1. The molecule has 1 aromatic carbocycles. The van der Waals surface area contributed by atoms with Crippen LogP contribution in [0.2, 0.25) is 0 Å². The molecule has 0 saturated heterocycles. The summed E-state index contributed by atoms with van der Waals surface area (Å²) in [7, 11) is 3.31. The lowest BCUT2D eigenvalue weighted by Crippen LogP contribution is -2.38. The summed E-state index contributed by atoms with van der Waals surface area (Å²) < 4.78 is 1.66. The average molecular weight is 288 g/mol. The van der Waals surface area contributed by atoms with E-state index in [1.807, 2.05) is 0 Å². The number of nitrogens with zero attached hydrogens (tertiary/aromatic N) is 3. The normalized spacial score (nSPS) is 10.2. The van der Waals surface area contributed by atoms with Gasteiger partial charge in [-0.25, -0.2) is 9.59 Å². The van der Waals surface area contributed by atoms with E-state index in [0.717, 1.165) is 5.69 Å². The zero-order valence-corrected chi connectivity index (χ0v) is 11.8. The lowest BCUT2D eigenvalue weighted by molar-refractivity contribution is 0.0697. The number of carboxylic acid groups (broad SMARTS) is 1. The second kappa shape index (κ2) is 6.08. The number of aryl methyl sites for hydroxylation is 1. The lowest BCUT2D eigenvalue weighted by atomic mass is 10.1. The number of carboxylic acids is 1. The number of benzene rings is 1. The third-order valence-corrected chi connectivity index (χ3v) is 3.14.